The number of piperidine rings is 1. The van der Waals surface area contributed by atoms with Gasteiger partial charge in [-0.05, 0) is 44.2 Å². The van der Waals surface area contributed by atoms with E-state index in [1.54, 1.807) is 0 Å². The maximum Gasteiger partial charge on any atom is 0.226 e. The lowest BCUT2D eigenvalue weighted by Gasteiger charge is -2.31. The molecular formula is C14H26N4O. The van der Waals surface area contributed by atoms with Gasteiger partial charge in [-0.15, -0.1) is 0 Å². The van der Waals surface area contributed by atoms with Crippen molar-refractivity contribution in [2.75, 3.05) is 19.6 Å². The van der Waals surface area contributed by atoms with E-state index < -0.39 is 0 Å². The van der Waals surface area contributed by atoms with E-state index in [4.69, 9.17) is 10.3 Å². The van der Waals surface area contributed by atoms with Crippen molar-refractivity contribution >= 4 is 0 Å². The summed E-state index contributed by atoms with van der Waals surface area (Å²) in [5, 5.41) is 4.08. The molecule has 1 saturated heterocycles. The number of nitrogens with zero attached hydrogens (tertiary/aromatic N) is 3. The molecule has 1 aromatic heterocycles. The van der Waals surface area contributed by atoms with Gasteiger partial charge in [0.25, 0.3) is 0 Å². The van der Waals surface area contributed by atoms with Crippen LogP contribution in [-0.2, 0) is 13.0 Å². The highest BCUT2D eigenvalue weighted by Crippen LogP contribution is 2.20. The molecule has 2 heterocycles. The molecule has 0 bridgehead atoms. The van der Waals surface area contributed by atoms with E-state index in [9.17, 15) is 0 Å². The molecule has 0 amide bonds. The fourth-order valence-electron chi connectivity index (χ4n) is 2.75. The first kappa shape index (κ1) is 14.5. The summed E-state index contributed by atoms with van der Waals surface area (Å²) in [4.78, 5) is 6.90. The topological polar surface area (TPSA) is 68.2 Å². The molecule has 108 valence electrons. The maximum absolute atomic E-state index is 5.65. The number of rotatable bonds is 6. The van der Waals surface area contributed by atoms with Gasteiger partial charge in [-0.3, -0.25) is 4.90 Å². The van der Waals surface area contributed by atoms with Crippen LogP contribution >= 0.6 is 0 Å². The van der Waals surface area contributed by atoms with E-state index in [0.717, 1.165) is 56.7 Å². The Kier molecular flexibility index (Phi) is 5.34. The number of nitrogens with two attached hydrogens (primary N) is 1. The van der Waals surface area contributed by atoms with Crippen LogP contribution in [0.4, 0.5) is 0 Å². The molecule has 0 aliphatic carbocycles. The fraction of sp³-hybridized carbons (Fsp3) is 0.857. The Morgan fingerprint density at radius 3 is 3.05 bits per heavy atom. The van der Waals surface area contributed by atoms with Gasteiger partial charge in [0.1, 0.15) is 0 Å². The van der Waals surface area contributed by atoms with Crippen LogP contribution in [0, 0.1) is 11.8 Å². The molecule has 1 fully saturated rings. The minimum Gasteiger partial charge on any atom is -0.339 e. The first-order chi connectivity index (χ1) is 9.17. The van der Waals surface area contributed by atoms with Gasteiger partial charge in [0.2, 0.25) is 5.89 Å². The van der Waals surface area contributed by atoms with Crippen LogP contribution in [0.5, 0.6) is 0 Å². The number of hydrogen-bond donors (Lipinski definition) is 1. The van der Waals surface area contributed by atoms with Crippen molar-refractivity contribution in [3.63, 3.8) is 0 Å². The zero-order valence-electron chi connectivity index (χ0n) is 12.1. The number of likely N-dealkylation sites (tertiary alicyclic amines) is 1. The van der Waals surface area contributed by atoms with Gasteiger partial charge in [0.15, 0.2) is 5.82 Å². The predicted octanol–water partition coefficient (Wildman–Crippen LogP) is 1.83. The first-order valence-corrected chi connectivity index (χ1v) is 7.41. The van der Waals surface area contributed by atoms with Gasteiger partial charge in [-0.2, -0.15) is 4.98 Å². The van der Waals surface area contributed by atoms with Crippen molar-refractivity contribution in [1.29, 1.82) is 0 Å². The molecule has 2 N–H and O–H groups in total. The quantitative estimate of drug-likeness (QED) is 0.850. The van der Waals surface area contributed by atoms with Crippen LogP contribution in [0.1, 0.15) is 44.8 Å². The Labute approximate surface area is 115 Å². The van der Waals surface area contributed by atoms with Gasteiger partial charge in [-0.1, -0.05) is 19.0 Å². The summed E-state index contributed by atoms with van der Waals surface area (Å²) in [6.45, 7) is 8.17. The molecule has 0 radical (unpaired) electrons. The molecule has 19 heavy (non-hydrogen) atoms. The number of hydrogen-bond acceptors (Lipinski definition) is 5. The van der Waals surface area contributed by atoms with Crippen LogP contribution in [0.2, 0.25) is 0 Å². The zero-order chi connectivity index (χ0) is 13.7. The van der Waals surface area contributed by atoms with E-state index in [1.807, 2.05) is 0 Å². The van der Waals surface area contributed by atoms with Crippen molar-refractivity contribution in [2.24, 2.45) is 17.6 Å². The average Bonchev–Trinajstić information content (AvgIpc) is 2.76. The van der Waals surface area contributed by atoms with Crippen molar-refractivity contribution in [2.45, 2.75) is 46.1 Å². The van der Waals surface area contributed by atoms with Crippen LogP contribution in [-0.4, -0.2) is 34.7 Å². The lowest BCUT2D eigenvalue weighted by Crippen LogP contribution is -2.36. The molecule has 1 atom stereocenters. The molecule has 0 spiro atoms. The molecule has 0 saturated carbocycles. The molecule has 1 aliphatic rings. The molecule has 1 aromatic rings. The second-order valence-electron chi connectivity index (χ2n) is 6.02. The predicted molar refractivity (Wildman–Crippen MR) is 74.5 cm³/mol. The summed E-state index contributed by atoms with van der Waals surface area (Å²) in [5.41, 5.74) is 5.65. The second-order valence-corrected chi connectivity index (χ2v) is 6.02. The van der Waals surface area contributed by atoms with Crippen LogP contribution in [0.25, 0.3) is 0 Å². The normalized spacial score (nSPS) is 21.2. The maximum atomic E-state index is 5.65. The summed E-state index contributed by atoms with van der Waals surface area (Å²) in [7, 11) is 0. The smallest absolute Gasteiger partial charge is 0.226 e. The fourth-order valence-corrected chi connectivity index (χ4v) is 2.75. The Hall–Kier alpha value is -0.940. The Balaban J connectivity index is 1.84. The molecule has 1 unspecified atom stereocenters. The van der Waals surface area contributed by atoms with Crippen molar-refractivity contribution in [1.82, 2.24) is 15.0 Å². The van der Waals surface area contributed by atoms with Gasteiger partial charge in [-0.25, -0.2) is 0 Å². The van der Waals surface area contributed by atoms with E-state index in [0.29, 0.717) is 5.92 Å². The van der Waals surface area contributed by atoms with Crippen molar-refractivity contribution in [3.05, 3.63) is 11.7 Å². The summed E-state index contributed by atoms with van der Waals surface area (Å²) in [6.07, 6.45) is 4.55. The van der Waals surface area contributed by atoms with E-state index in [1.165, 1.54) is 12.8 Å². The minimum absolute atomic E-state index is 0.553. The molecule has 5 nitrogen and oxygen atoms in total. The number of aromatic nitrogens is 2. The third kappa shape index (κ3) is 4.58. The van der Waals surface area contributed by atoms with Crippen molar-refractivity contribution in [3.8, 4) is 0 Å². The monoisotopic (exact) mass is 266 g/mol. The molecule has 5 heteroatoms. The highest BCUT2D eigenvalue weighted by Gasteiger charge is 2.21. The highest BCUT2D eigenvalue weighted by molar-refractivity contribution is 4.88. The van der Waals surface area contributed by atoms with Gasteiger partial charge >= 0.3 is 0 Å². The van der Waals surface area contributed by atoms with Crippen LogP contribution in [0.15, 0.2) is 4.52 Å². The lowest BCUT2D eigenvalue weighted by molar-refractivity contribution is 0.158. The van der Waals surface area contributed by atoms with Gasteiger partial charge in [0.05, 0.1) is 6.54 Å². The third-order valence-corrected chi connectivity index (χ3v) is 3.64. The molecular weight excluding hydrogens is 240 g/mol. The summed E-state index contributed by atoms with van der Waals surface area (Å²) >= 11 is 0. The minimum atomic E-state index is 0.553. The van der Waals surface area contributed by atoms with Crippen LogP contribution < -0.4 is 5.73 Å². The van der Waals surface area contributed by atoms with Crippen molar-refractivity contribution < 1.29 is 4.52 Å². The zero-order valence-corrected chi connectivity index (χ0v) is 12.1. The Morgan fingerprint density at radius 1 is 1.47 bits per heavy atom. The van der Waals surface area contributed by atoms with Gasteiger partial charge in [0, 0.05) is 13.0 Å². The average molecular weight is 266 g/mol. The molecule has 0 aromatic carbocycles. The summed E-state index contributed by atoms with van der Waals surface area (Å²) in [5.74, 6) is 2.88. The molecule has 1 aliphatic heterocycles. The first-order valence-electron chi connectivity index (χ1n) is 7.41. The summed E-state index contributed by atoms with van der Waals surface area (Å²) < 4.78 is 5.28. The van der Waals surface area contributed by atoms with Crippen LogP contribution in [0.3, 0.4) is 0 Å². The van der Waals surface area contributed by atoms with E-state index >= 15 is 0 Å². The largest absolute Gasteiger partial charge is 0.339 e. The summed E-state index contributed by atoms with van der Waals surface area (Å²) in [6, 6.07) is 0. The Bertz CT molecular complexity index is 375. The van der Waals surface area contributed by atoms with Gasteiger partial charge < -0.3 is 10.3 Å². The van der Waals surface area contributed by atoms with E-state index in [-0.39, 0.29) is 0 Å². The lowest BCUT2D eigenvalue weighted by atomic mass is 9.95. The SMILES string of the molecule is CC(C)Cc1nc(CN2CCCC(CCN)C2)no1. The highest BCUT2D eigenvalue weighted by atomic mass is 16.5. The van der Waals surface area contributed by atoms with E-state index in [2.05, 4.69) is 28.9 Å². The Morgan fingerprint density at radius 2 is 2.32 bits per heavy atom. The third-order valence-electron chi connectivity index (χ3n) is 3.64. The standard InChI is InChI=1S/C14H26N4O/c1-11(2)8-14-16-13(17-19-14)10-18-7-3-4-12(9-18)5-6-15/h11-12H,3-10,15H2,1-2H3. The molecule has 2 rings (SSSR count). The second kappa shape index (κ2) is 7.01.